The summed E-state index contributed by atoms with van der Waals surface area (Å²) >= 11 is 6.20. The van der Waals surface area contributed by atoms with Gasteiger partial charge in [0, 0.05) is 5.56 Å². The number of aromatic nitrogens is 4. The predicted octanol–water partition coefficient (Wildman–Crippen LogP) is 4.63. The van der Waals surface area contributed by atoms with E-state index in [4.69, 9.17) is 11.6 Å². The van der Waals surface area contributed by atoms with Crippen LogP contribution >= 0.6 is 11.6 Å². The number of benzene rings is 1. The Morgan fingerprint density at radius 1 is 1.12 bits per heavy atom. The highest BCUT2D eigenvalue weighted by atomic mass is 35.5. The van der Waals surface area contributed by atoms with Gasteiger partial charge in [0.05, 0.1) is 22.4 Å². The molecule has 1 aromatic carbocycles. The van der Waals surface area contributed by atoms with Gasteiger partial charge in [-0.3, -0.25) is 4.40 Å². The first-order valence-electron chi connectivity index (χ1n) is 7.46. The molecule has 3 aromatic heterocycles. The third kappa shape index (κ3) is 2.53. The predicted molar refractivity (Wildman–Crippen MR) is 90.1 cm³/mol. The van der Waals surface area contributed by atoms with E-state index in [2.05, 4.69) is 15.0 Å². The second-order valence-corrected chi connectivity index (χ2v) is 6.11. The number of nitrogens with zero attached hydrogens (tertiary/aromatic N) is 4. The van der Waals surface area contributed by atoms with Crippen LogP contribution in [-0.2, 0) is 6.18 Å². The van der Waals surface area contributed by atoms with Gasteiger partial charge in [-0.15, -0.1) is 0 Å². The van der Waals surface area contributed by atoms with E-state index in [1.54, 1.807) is 6.92 Å². The Hall–Kier alpha value is -2.87. The van der Waals surface area contributed by atoms with Gasteiger partial charge >= 0.3 is 6.18 Å². The van der Waals surface area contributed by atoms with Crippen LogP contribution < -0.4 is 0 Å². The molecule has 3 heterocycles. The number of halogens is 4. The standard InChI is InChI=1S/C17H10ClF3N4O/c1-8-13-7-22-15(10-6-9(26)2-3-11(10)18)25(13)16-12(23-8)4-5-14(24-16)17(19,20)21/h2-7,26H,1H3. The van der Waals surface area contributed by atoms with Gasteiger partial charge in [0.15, 0.2) is 5.65 Å². The van der Waals surface area contributed by atoms with Crippen molar-refractivity contribution in [1.29, 1.82) is 0 Å². The average Bonchev–Trinajstić information content (AvgIpc) is 3.02. The van der Waals surface area contributed by atoms with Gasteiger partial charge in [-0.2, -0.15) is 13.2 Å². The maximum absolute atomic E-state index is 13.1. The van der Waals surface area contributed by atoms with Gasteiger partial charge in [-0.25, -0.2) is 15.0 Å². The molecule has 5 nitrogen and oxygen atoms in total. The third-order valence-electron chi connectivity index (χ3n) is 3.97. The van der Waals surface area contributed by atoms with Crippen LogP contribution in [0.4, 0.5) is 13.2 Å². The monoisotopic (exact) mass is 378 g/mol. The minimum Gasteiger partial charge on any atom is -0.508 e. The van der Waals surface area contributed by atoms with Gasteiger partial charge in [0.2, 0.25) is 0 Å². The fourth-order valence-electron chi connectivity index (χ4n) is 2.78. The maximum Gasteiger partial charge on any atom is 0.433 e. The zero-order chi connectivity index (χ0) is 18.6. The number of rotatable bonds is 1. The number of fused-ring (bicyclic) bond motifs is 3. The lowest BCUT2D eigenvalue weighted by Gasteiger charge is -2.11. The number of phenolic OH excluding ortho intramolecular Hbond substituents is 1. The van der Waals surface area contributed by atoms with Gasteiger partial charge < -0.3 is 5.11 Å². The molecule has 26 heavy (non-hydrogen) atoms. The molecule has 0 saturated heterocycles. The SMILES string of the molecule is Cc1nc2ccc(C(F)(F)F)nc2n2c(-c3cc(O)ccc3Cl)ncc12. The van der Waals surface area contributed by atoms with Crippen LogP contribution in [0, 0.1) is 6.92 Å². The van der Waals surface area contributed by atoms with Crippen molar-refractivity contribution in [3.05, 3.63) is 52.9 Å². The van der Waals surface area contributed by atoms with E-state index in [1.807, 2.05) is 0 Å². The fraction of sp³-hybridized carbons (Fsp3) is 0.118. The number of aromatic hydroxyl groups is 1. The zero-order valence-corrected chi connectivity index (χ0v) is 14.0. The maximum atomic E-state index is 13.1. The Balaban J connectivity index is 2.14. The van der Waals surface area contributed by atoms with Crippen LogP contribution in [0.2, 0.25) is 5.02 Å². The molecule has 0 aliphatic heterocycles. The minimum atomic E-state index is -4.59. The molecule has 0 aliphatic carbocycles. The van der Waals surface area contributed by atoms with E-state index in [1.165, 1.54) is 34.9 Å². The lowest BCUT2D eigenvalue weighted by molar-refractivity contribution is -0.141. The van der Waals surface area contributed by atoms with Crippen LogP contribution in [0.3, 0.4) is 0 Å². The highest BCUT2D eigenvalue weighted by Crippen LogP contribution is 2.34. The summed E-state index contributed by atoms with van der Waals surface area (Å²) in [4.78, 5) is 12.3. The van der Waals surface area contributed by atoms with Gasteiger partial charge in [0.25, 0.3) is 0 Å². The number of phenols is 1. The largest absolute Gasteiger partial charge is 0.508 e. The molecule has 1 N–H and O–H groups in total. The van der Waals surface area contributed by atoms with Crippen molar-refractivity contribution in [3.63, 3.8) is 0 Å². The van der Waals surface area contributed by atoms with Crippen molar-refractivity contribution in [1.82, 2.24) is 19.4 Å². The molecule has 9 heteroatoms. The highest BCUT2D eigenvalue weighted by molar-refractivity contribution is 6.33. The van der Waals surface area contributed by atoms with Gasteiger partial charge in [0.1, 0.15) is 22.8 Å². The molecule has 0 atom stereocenters. The molecule has 0 unspecified atom stereocenters. The summed E-state index contributed by atoms with van der Waals surface area (Å²) in [5, 5.41) is 10.1. The first kappa shape index (κ1) is 16.6. The Morgan fingerprint density at radius 3 is 2.62 bits per heavy atom. The van der Waals surface area contributed by atoms with Crippen molar-refractivity contribution in [3.8, 4) is 17.1 Å². The summed E-state index contributed by atoms with van der Waals surface area (Å²) in [7, 11) is 0. The van der Waals surface area contributed by atoms with Crippen LogP contribution in [0.15, 0.2) is 36.5 Å². The van der Waals surface area contributed by atoms with Crippen LogP contribution in [0.5, 0.6) is 5.75 Å². The summed E-state index contributed by atoms with van der Waals surface area (Å²) < 4.78 is 40.8. The number of hydrogen-bond donors (Lipinski definition) is 1. The molecular weight excluding hydrogens is 369 g/mol. The Bertz CT molecular complexity index is 1170. The zero-order valence-electron chi connectivity index (χ0n) is 13.2. The molecule has 132 valence electrons. The second-order valence-electron chi connectivity index (χ2n) is 5.70. The first-order chi connectivity index (χ1) is 12.3. The average molecular weight is 379 g/mol. The molecule has 0 aliphatic rings. The summed E-state index contributed by atoms with van der Waals surface area (Å²) in [6, 6.07) is 6.45. The second kappa shape index (κ2) is 5.57. The number of imidazole rings is 1. The molecule has 4 aromatic rings. The van der Waals surface area contributed by atoms with Crippen molar-refractivity contribution >= 4 is 28.3 Å². The fourth-order valence-corrected chi connectivity index (χ4v) is 2.99. The molecule has 0 radical (unpaired) electrons. The van der Waals surface area contributed by atoms with Crippen LogP contribution in [0.1, 0.15) is 11.4 Å². The summed E-state index contributed by atoms with van der Waals surface area (Å²) in [5.41, 5.74) is 0.718. The Labute approximate surface area is 149 Å². The van der Waals surface area contributed by atoms with Crippen molar-refractivity contribution in [2.24, 2.45) is 0 Å². The number of pyridine rings is 1. The Morgan fingerprint density at radius 2 is 1.88 bits per heavy atom. The van der Waals surface area contributed by atoms with E-state index in [0.29, 0.717) is 27.3 Å². The van der Waals surface area contributed by atoms with Crippen molar-refractivity contribution in [2.75, 3.05) is 0 Å². The van der Waals surface area contributed by atoms with Crippen LogP contribution in [0.25, 0.3) is 28.1 Å². The first-order valence-corrected chi connectivity index (χ1v) is 7.84. The summed E-state index contributed by atoms with van der Waals surface area (Å²) in [6.45, 7) is 1.72. The lowest BCUT2D eigenvalue weighted by Crippen LogP contribution is -2.09. The quantitative estimate of drug-likeness (QED) is 0.524. The topological polar surface area (TPSA) is 63.3 Å². The summed E-state index contributed by atoms with van der Waals surface area (Å²) in [5.74, 6) is 0.225. The molecule has 0 saturated carbocycles. The molecule has 4 rings (SSSR count). The Kier molecular flexibility index (Phi) is 3.55. The highest BCUT2D eigenvalue weighted by Gasteiger charge is 2.33. The third-order valence-corrected chi connectivity index (χ3v) is 4.30. The van der Waals surface area contributed by atoms with E-state index in [-0.39, 0.29) is 17.2 Å². The summed E-state index contributed by atoms with van der Waals surface area (Å²) in [6.07, 6.45) is -3.10. The van der Waals surface area contributed by atoms with Gasteiger partial charge in [-0.05, 0) is 37.3 Å². The van der Waals surface area contributed by atoms with E-state index < -0.39 is 11.9 Å². The molecule has 0 bridgehead atoms. The van der Waals surface area contributed by atoms with E-state index >= 15 is 0 Å². The minimum absolute atomic E-state index is 0.00679. The normalized spacial score (nSPS) is 12.2. The smallest absolute Gasteiger partial charge is 0.433 e. The van der Waals surface area contributed by atoms with Crippen LogP contribution in [-0.4, -0.2) is 24.5 Å². The molecular formula is C17H10ClF3N4O. The van der Waals surface area contributed by atoms with Crippen molar-refractivity contribution in [2.45, 2.75) is 13.1 Å². The van der Waals surface area contributed by atoms with Gasteiger partial charge in [-0.1, -0.05) is 11.6 Å². The van der Waals surface area contributed by atoms with E-state index in [9.17, 15) is 18.3 Å². The number of aryl methyl sites for hydroxylation is 1. The lowest BCUT2D eigenvalue weighted by atomic mass is 10.2. The van der Waals surface area contributed by atoms with E-state index in [0.717, 1.165) is 6.07 Å². The number of alkyl halides is 3. The molecule has 0 fully saturated rings. The molecule has 0 amide bonds. The molecule has 0 spiro atoms. The van der Waals surface area contributed by atoms with Crippen molar-refractivity contribution < 1.29 is 18.3 Å². The number of hydrogen-bond acceptors (Lipinski definition) is 4.